The topological polar surface area (TPSA) is 144 Å². The summed E-state index contributed by atoms with van der Waals surface area (Å²) in [5.41, 5.74) is 2.97. The van der Waals surface area contributed by atoms with Crippen molar-refractivity contribution in [2.75, 3.05) is 19.1 Å². The standard InChI is InChI=1S/C24H27F3N8O4S.C2H6.H2/c1-13-10-29-18(11-28-13)14(2)15(3)40(36,37)34-23-33-32-20(16-7-6-8-17(9-16)24(25,26)27)35(23)19-21(38-4)30-12-31-22(19)39-5;1-2;/h6-12,14-15,23,33-34H,1-5H3;1-2H3;1H/t14-,15-,23?;;/m0../s1. The first-order valence-corrected chi connectivity index (χ1v) is 14.4. The molecule has 0 saturated heterocycles. The molecule has 0 radical (unpaired) electrons. The minimum Gasteiger partial charge on any atom is -0.479 e. The number of rotatable bonds is 9. The third-order valence-corrected chi connectivity index (χ3v) is 8.29. The lowest BCUT2D eigenvalue weighted by molar-refractivity contribution is -0.137. The molecule has 3 atom stereocenters. The molecule has 1 unspecified atom stereocenters. The number of nitrogens with one attached hydrogen (secondary N) is 2. The highest BCUT2D eigenvalue weighted by Gasteiger charge is 2.41. The van der Waals surface area contributed by atoms with Gasteiger partial charge in [-0.25, -0.2) is 8.42 Å². The highest BCUT2D eigenvalue weighted by atomic mass is 32.2. The van der Waals surface area contributed by atoms with E-state index in [2.05, 4.69) is 35.2 Å². The molecule has 1 aromatic carbocycles. The molecule has 0 aliphatic carbocycles. The van der Waals surface area contributed by atoms with Crippen molar-refractivity contribution in [3.8, 4) is 11.8 Å². The van der Waals surface area contributed by atoms with Gasteiger partial charge in [-0.1, -0.05) is 32.9 Å². The number of sulfonamides is 1. The number of benzene rings is 1. The van der Waals surface area contributed by atoms with Gasteiger partial charge in [0.1, 0.15) is 6.33 Å². The van der Waals surface area contributed by atoms with Crippen molar-refractivity contribution >= 4 is 21.5 Å². The number of hydrogen-bond donors (Lipinski definition) is 2. The average molecular weight is 613 g/mol. The Kier molecular flexibility index (Phi) is 10.3. The summed E-state index contributed by atoms with van der Waals surface area (Å²) < 4.78 is 80.9. The van der Waals surface area contributed by atoms with Gasteiger partial charge in [-0.3, -0.25) is 20.3 Å². The Morgan fingerprint density at radius 2 is 1.69 bits per heavy atom. The van der Waals surface area contributed by atoms with Crippen LogP contribution in [0.15, 0.2) is 48.1 Å². The lowest BCUT2D eigenvalue weighted by Crippen LogP contribution is -2.55. The number of alkyl halides is 3. The molecule has 0 saturated carbocycles. The van der Waals surface area contributed by atoms with Crippen molar-refractivity contribution in [2.24, 2.45) is 5.10 Å². The second-order valence-electron chi connectivity index (χ2n) is 8.90. The Balaban J connectivity index is 0.00000211. The Bertz CT molecular complexity index is 1490. The lowest BCUT2D eigenvalue weighted by atomic mass is 10.1. The highest BCUT2D eigenvalue weighted by molar-refractivity contribution is 7.90. The van der Waals surface area contributed by atoms with Crippen LogP contribution in [0.3, 0.4) is 0 Å². The number of nitrogens with zero attached hydrogens (tertiary/aromatic N) is 6. The van der Waals surface area contributed by atoms with Gasteiger partial charge >= 0.3 is 6.18 Å². The second kappa shape index (κ2) is 13.3. The summed E-state index contributed by atoms with van der Waals surface area (Å²) in [6.45, 7) is 8.97. The molecule has 0 bridgehead atoms. The molecule has 0 spiro atoms. The van der Waals surface area contributed by atoms with E-state index in [-0.39, 0.29) is 30.3 Å². The normalized spacial score (nSPS) is 16.5. The molecule has 42 heavy (non-hydrogen) atoms. The Morgan fingerprint density at radius 1 is 1.05 bits per heavy atom. The molecular formula is C26H35F3N8O4S. The van der Waals surface area contributed by atoms with E-state index in [1.807, 2.05) is 13.8 Å². The van der Waals surface area contributed by atoms with E-state index in [0.717, 1.165) is 18.5 Å². The molecule has 1 aliphatic heterocycles. The third-order valence-electron chi connectivity index (χ3n) is 6.35. The van der Waals surface area contributed by atoms with Crippen molar-refractivity contribution in [3.63, 3.8) is 0 Å². The van der Waals surface area contributed by atoms with Crippen LogP contribution in [0, 0.1) is 6.92 Å². The van der Waals surface area contributed by atoms with Crippen molar-refractivity contribution < 1.29 is 32.5 Å². The van der Waals surface area contributed by atoms with Gasteiger partial charge in [0.05, 0.1) is 36.4 Å². The van der Waals surface area contributed by atoms with E-state index >= 15 is 0 Å². The predicted molar refractivity (Wildman–Crippen MR) is 153 cm³/mol. The second-order valence-corrected chi connectivity index (χ2v) is 11.0. The number of amidine groups is 1. The van der Waals surface area contributed by atoms with Crippen molar-refractivity contribution in [3.05, 3.63) is 65.5 Å². The molecule has 12 nitrogen and oxygen atoms in total. The molecule has 1 aliphatic rings. The smallest absolute Gasteiger partial charge is 0.416 e. The SMILES string of the molecule is CC.COc1ncnc(OC)c1N1C(c2cccc(C(F)(F)F)c2)=NNC1NS(=O)(=O)[C@@H](C)[C@H](C)c1cnc(C)cn1.[HH]. The van der Waals surface area contributed by atoms with Gasteiger partial charge in [0.15, 0.2) is 17.8 Å². The van der Waals surface area contributed by atoms with E-state index in [1.54, 1.807) is 20.0 Å². The van der Waals surface area contributed by atoms with Crippen molar-refractivity contribution in [1.29, 1.82) is 0 Å². The molecule has 3 aromatic rings. The van der Waals surface area contributed by atoms with Crippen LogP contribution in [-0.4, -0.2) is 59.9 Å². The Labute approximate surface area is 243 Å². The monoisotopic (exact) mass is 612 g/mol. The number of aryl methyl sites for hydroxylation is 1. The summed E-state index contributed by atoms with van der Waals surface area (Å²) in [6, 6.07) is 4.44. The fourth-order valence-corrected chi connectivity index (χ4v) is 5.33. The molecular weight excluding hydrogens is 577 g/mol. The summed E-state index contributed by atoms with van der Waals surface area (Å²) in [5.74, 6) is -0.685. The first-order chi connectivity index (χ1) is 19.9. The van der Waals surface area contributed by atoms with Crippen LogP contribution in [0.25, 0.3) is 0 Å². The minimum atomic E-state index is -4.62. The van der Waals surface area contributed by atoms with Crippen LogP contribution in [0.2, 0.25) is 0 Å². The van der Waals surface area contributed by atoms with Gasteiger partial charge in [0, 0.05) is 25.3 Å². The third kappa shape index (κ3) is 6.87. The first-order valence-electron chi connectivity index (χ1n) is 12.9. The van der Waals surface area contributed by atoms with Gasteiger partial charge in [0.2, 0.25) is 21.8 Å². The molecule has 0 amide bonds. The highest BCUT2D eigenvalue weighted by Crippen LogP contribution is 2.38. The molecule has 2 aromatic heterocycles. The maximum atomic E-state index is 13.6. The fraction of sp³-hybridized carbons (Fsp3) is 0.423. The zero-order chi connectivity index (χ0) is 31.2. The van der Waals surface area contributed by atoms with E-state index in [0.29, 0.717) is 11.4 Å². The number of hydrogen-bond acceptors (Lipinski definition) is 11. The van der Waals surface area contributed by atoms with Gasteiger partial charge in [-0.05, 0) is 26.0 Å². The van der Waals surface area contributed by atoms with E-state index in [1.165, 1.54) is 44.4 Å². The predicted octanol–water partition coefficient (Wildman–Crippen LogP) is 4.05. The molecule has 16 heteroatoms. The molecule has 2 N–H and O–H groups in total. The summed E-state index contributed by atoms with van der Waals surface area (Å²) >= 11 is 0. The zero-order valence-corrected chi connectivity index (χ0v) is 24.9. The lowest BCUT2D eigenvalue weighted by Gasteiger charge is -2.30. The number of anilines is 1. The van der Waals surface area contributed by atoms with Crippen molar-refractivity contribution in [2.45, 2.75) is 58.3 Å². The largest absolute Gasteiger partial charge is 0.479 e. The van der Waals surface area contributed by atoms with Crippen LogP contribution in [0.1, 0.15) is 57.6 Å². The Hall–Kier alpha value is -4.05. The quantitative estimate of drug-likeness (QED) is 0.363. The van der Waals surface area contributed by atoms with Crippen LogP contribution < -0.4 is 24.5 Å². The average Bonchev–Trinajstić information content (AvgIpc) is 3.39. The molecule has 3 heterocycles. The van der Waals surface area contributed by atoms with Crippen LogP contribution in [0.5, 0.6) is 11.8 Å². The van der Waals surface area contributed by atoms with Gasteiger partial charge in [-0.2, -0.15) is 33.0 Å². The molecule has 230 valence electrons. The first kappa shape index (κ1) is 32.5. The van der Waals surface area contributed by atoms with E-state index in [9.17, 15) is 21.6 Å². The summed E-state index contributed by atoms with van der Waals surface area (Å²) in [6.07, 6.45) is -1.72. The van der Waals surface area contributed by atoms with Crippen LogP contribution in [-0.2, 0) is 16.2 Å². The van der Waals surface area contributed by atoms with Crippen LogP contribution in [0.4, 0.5) is 18.9 Å². The minimum absolute atomic E-state index is 0. The zero-order valence-electron chi connectivity index (χ0n) is 24.1. The van der Waals surface area contributed by atoms with E-state index < -0.39 is 39.2 Å². The van der Waals surface area contributed by atoms with Gasteiger partial charge in [0.25, 0.3) is 0 Å². The molecule has 0 fully saturated rings. The maximum absolute atomic E-state index is 13.6. The van der Waals surface area contributed by atoms with Gasteiger partial charge in [-0.15, -0.1) is 0 Å². The maximum Gasteiger partial charge on any atom is 0.416 e. The van der Waals surface area contributed by atoms with Gasteiger partial charge < -0.3 is 9.47 Å². The van der Waals surface area contributed by atoms with E-state index in [4.69, 9.17) is 9.47 Å². The fourth-order valence-electron chi connectivity index (χ4n) is 3.97. The Morgan fingerprint density at radius 3 is 2.24 bits per heavy atom. The summed E-state index contributed by atoms with van der Waals surface area (Å²) in [5, 5.41) is 3.19. The van der Waals surface area contributed by atoms with Crippen LogP contribution >= 0.6 is 0 Å². The number of hydrazone groups is 1. The van der Waals surface area contributed by atoms with Crippen molar-refractivity contribution in [1.82, 2.24) is 30.1 Å². The number of halogens is 3. The summed E-state index contributed by atoms with van der Waals surface area (Å²) in [4.78, 5) is 17.9. The number of methoxy groups -OCH3 is 2. The summed E-state index contributed by atoms with van der Waals surface area (Å²) in [7, 11) is -1.47. The number of ether oxygens (including phenoxy) is 2. The molecule has 4 rings (SSSR count). The number of aromatic nitrogens is 4.